The number of aromatic nitrogens is 2. The Labute approximate surface area is 170 Å². The van der Waals surface area contributed by atoms with Crippen LogP contribution in [0.4, 0.5) is 5.69 Å². The van der Waals surface area contributed by atoms with Gasteiger partial charge in [0.25, 0.3) is 11.6 Å². The highest BCUT2D eigenvalue weighted by atomic mass is 35.5. The fourth-order valence-electron chi connectivity index (χ4n) is 2.92. The number of nitro groups is 1. The number of fused-ring (bicyclic) bond motifs is 1. The van der Waals surface area contributed by atoms with Crippen LogP contribution in [0.25, 0.3) is 11.0 Å². The van der Waals surface area contributed by atoms with Gasteiger partial charge < -0.3 is 14.6 Å². The number of aryl methyl sites for hydroxylation is 1. The van der Waals surface area contributed by atoms with Crippen LogP contribution < -0.4 is 5.32 Å². The van der Waals surface area contributed by atoms with Crippen LogP contribution in [0, 0.1) is 10.1 Å². The fraction of sp³-hybridized carbons (Fsp3) is 0.211. The van der Waals surface area contributed by atoms with Gasteiger partial charge in [-0.3, -0.25) is 14.9 Å². The molecule has 9 nitrogen and oxygen atoms in total. The molecule has 10 heteroatoms. The van der Waals surface area contributed by atoms with E-state index in [4.69, 9.17) is 11.6 Å². The second-order valence-corrected chi connectivity index (χ2v) is 6.68. The SMILES string of the molecule is COC(=O)c1cc(C(=O)NCCc2nc3cc(Cl)ccc3n2C)cc([N+](=O)[O-])c1. The van der Waals surface area contributed by atoms with Crippen LogP contribution in [0.5, 0.6) is 0 Å². The molecule has 3 aromatic rings. The minimum absolute atomic E-state index is 0.00335. The minimum Gasteiger partial charge on any atom is -0.465 e. The van der Waals surface area contributed by atoms with Crippen molar-refractivity contribution in [1.29, 1.82) is 0 Å². The lowest BCUT2D eigenvalue weighted by Gasteiger charge is -2.07. The Hall–Kier alpha value is -3.46. The van der Waals surface area contributed by atoms with Crippen molar-refractivity contribution in [3.63, 3.8) is 0 Å². The zero-order valence-electron chi connectivity index (χ0n) is 15.6. The van der Waals surface area contributed by atoms with Gasteiger partial charge in [0.2, 0.25) is 0 Å². The van der Waals surface area contributed by atoms with Crippen molar-refractivity contribution in [1.82, 2.24) is 14.9 Å². The number of nitrogens with one attached hydrogen (secondary N) is 1. The Balaban J connectivity index is 1.74. The van der Waals surface area contributed by atoms with Crippen LogP contribution in [0.1, 0.15) is 26.5 Å². The third-order valence-corrected chi connectivity index (χ3v) is 4.62. The van der Waals surface area contributed by atoms with E-state index in [-0.39, 0.29) is 23.4 Å². The Kier molecular flexibility index (Phi) is 5.79. The van der Waals surface area contributed by atoms with Gasteiger partial charge in [-0.1, -0.05) is 11.6 Å². The van der Waals surface area contributed by atoms with Crippen LogP contribution in [0.15, 0.2) is 36.4 Å². The Morgan fingerprint density at radius 2 is 1.97 bits per heavy atom. The van der Waals surface area contributed by atoms with E-state index >= 15 is 0 Å². The quantitative estimate of drug-likeness (QED) is 0.375. The number of nitro benzene ring substituents is 1. The molecule has 0 fully saturated rings. The number of ether oxygens (including phenoxy) is 1. The number of nitrogens with zero attached hydrogens (tertiary/aromatic N) is 3. The molecule has 0 aliphatic rings. The lowest BCUT2D eigenvalue weighted by atomic mass is 10.1. The number of halogens is 1. The van der Waals surface area contributed by atoms with Crippen LogP contribution in [-0.4, -0.2) is 40.0 Å². The van der Waals surface area contributed by atoms with E-state index in [2.05, 4.69) is 15.0 Å². The molecule has 0 radical (unpaired) electrons. The molecule has 0 atom stereocenters. The molecule has 29 heavy (non-hydrogen) atoms. The lowest BCUT2D eigenvalue weighted by molar-refractivity contribution is -0.384. The molecule has 0 spiro atoms. The van der Waals surface area contributed by atoms with Gasteiger partial charge in [0.1, 0.15) is 5.82 Å². The highest BCUT2D eigenvalue weighted by Crippen LogP contribution is 2.20. The van der Waals surface area contributed by atoms with E-state index < -0.39 is 16.8 Å². The second kappa shape index (κ2) is 8.27. The van der Waals surface area contributed by atoms with Gasteiger partial charge in [0.15, 0.2) is 0 Å². The topological polar surface area (TPSA) is 116 Å². The van der Waals surface area contributed by atoms with Gasteiger partial charge in [0, 0.05) is 42.7 Å². The first-order valence-corrected chi connectivity index (χ1v) is 8.95. The van der Waals surface area contributed by atoms with Crippen LogP contribution in [-0.2, 0) is 18.2 Å². The number of amides is 1. The number of hydrogen-bond acceptors (Lipinski definition) is 6. The maximum atomic E-state index is 12.4. The zero-order valence-corrected chi connectivity index (χ0v) is 16.4. The van der Waals surface area contributed by atoms with Crippen molar-refractivity contribution in [2.75, 3.05) is 13.7 Å². The van der Waals surface area contributed by atoms with Gasteiger partial charge in [-0.05, 0) is 24.3 Å². The predicted molar refractivity (Wildman–Crippen MR) is 106 cm³/mol. The number of benzene rings is 2. The lowest BCUT2D eigenvalue weighted by Crippen LogP contribution is -2.26. The molecular weight excluding hydrogens is 400 g/mol. The summed E-state index contributed by atoms with van der Waals surface area (Å²) in [5.41, 5.74) is 1.22. The first-order chi connectivity index (χ1) is 13.8. The molecule has 1 heterocycles. The van der Waals surface area contributed by atoms with Crippen molar-refractivity contribution in [2.24, 2.45) is 7.05 Å². The summed E-state index contributed by atoms with van der Waals surface area (Å²) < 4.78 is 6.48. The normalized spacial score (nSPS) is 10.7. The maximum Gasteiger partial charge on any atom is 0.338 e. The Morgan fingerprint density at radius 3 is 2.66 bits per heavy atom. The van der Waals surface area contributed by atoms with Crippen molar-refractivity contribution in [2.45, 2.75) is 6.42 Å². The average molecular weight is 417 g/mol. The molecule has 1 N–H and O–H groups in total. The van der Waals surface area contributed by atoms with E-state index in [0.29, 0.717) is 11.4 Å². The summed E-state index contributed by atoms with van der Waals surface area (Å²) in [5.74, 6) is -0.557. The molecule has 0 unspecified atom stereocenters. The number of non-ortho nitro benzene ring substituents is 1. The van der Waals surface area contributed by atoms with Crippen molar-refractivity contribution >= 4 is 40.2 Å². The minimum atomic E-state index is -0.763. The van der Waals surface area contributed by atoms with Crippen LogP contribution >= 0.6 is 11.6 Å². The summed E-state index contributed by atoms with van der Waals surface area (Å²) in [5, 5.41) is 14.4. The van der Waals surface area contributed by atoms with Gasteiger partial charge >= 0.3 is 5.97 Å². The van der Waals surface area contributed by atoms with Crippen LogP contribution in [0.3, 0.4) is 0 Å². The molecule has 0 aliphatic heterocycles. The summed E-state index contributed by atoms with van der Waals surface area (Å²) >= 11 is 5.99. The third-order valence-electron chi connectivity index (χ3n) is 4.38. The number of hydrogen-bond donors (Lipinski definition) is 1. The molecule has 0 bridgehead atoms. The molecule has 0 aliphatic carbocycles. The van der Waals surface area contributed by atoms with Crippen LogP contribution in [0.2, 0.25) is 5.02 Å². The molecule has 1 amide bonds. The standard InChI is InChI=1S/C19H17ClN4O5/c1-23-16-4-3-13(20)10-15(16)22-17(23)5-6-21-18(25)11-7-12(19(26)29-2)9-14(8-11)24(27)28/h3-4,7-10H,5-6H2,1-2H3,(H,21,25). The fourth-order valence-corrected chi connectivity index (χ4v) is 3.09. The van der Waals surface area contributed by atoms with E-state index in [1.807, 2.05) is 17.7 Å². The van der Waals surface area contributed by atoms with E-state index in [1.54, 1.807) is 12.1 Å². The molecule has 1 aromatic heterocycles. The van der Waals surface area contributed by atoms with Gasteiger partial charge in [-0.25, -0.2) is 9.78 Å². The number of rotatable bonds is 6. The molecule has 2 aromatic carbocycles. The number of esters is 1. The van der Waals surface area contributed by atoms with Crippen molar-refractivity contribution < 1.29 is 19.2 Å². The highest BCUT2D eigenvalue weighted by molar-refractivity contribution is 6.31. The summed E-state index contributed by atoms with van der Waals surface area (Å²) in [7, 11) is 3.02. The van der Waals surface area contributed by atoms with E-state index in [1.165, 1.54) is 6.07 Å². The Bertz CT molecular complexity index is 1130. The molecule has 150 valence electrons. The summed E-state index contributed by atoms with van der Waals surface area (Å²) in [6.45, 7) is 0.250. The van der Waals surface area contributed by atoms with E-state index in [9.17, 15) is 19.7 Å². The van der Waals surface area contributed by atoms with Crippen molar-refractivity contribution in [3.05, 3.63) is 68.5 Å². The van der Waals surface area contributed by atoms with E-state index in [0.717, 1.165) is 36.1 Å². The number of methoxy groups -OCH3 is 1. The number of carbonyl (C=O) groups excluding carboxylic acids is 2. The molecular formula is C19H17ClN4O5. The van der Waals surface area contributed by atoms with Crippen molar-refractivity contribution in [3.8, 4) is 0 Å². The average Bonchev–Trinajstić information content (AvgIpc) is 3.01. The second-order valence-electron chi connectivity index (χ2n) is 6.24. The molecule has 0 saturated carbocycles. The third kappa shape index (κ3) is 4.35. The molecule has 0 saturated heterocycles. The summed E-state index contributed by atoms with van der Waals surface area (Å²) in [6.07, 6.45) is 0.438. The monoisotopic (exact) mass is 416 g/mol. The molecule has 3 rings (SSSR count). The highest BCUT2D eigenvalue weighted by Gasteiger charge is 2.18. The summed E-state index contributed by atoms with van der Waals surface area (Å²) in [6, 6.07) is 8.83. The largest absolute Gasteiger partial charge is 0.465 e. The van der Waals surface area contributed by atoms with Gasteiger partial charge in [-0.2, -0.15) is 0 Å². The maximum absolute atomic E-state index is 12.4. The Morgan fingerprint density at radius 1 is 1.24 bits per heavy atom. The first kappa shape index (κ1) is 20.3. The first-order valence-electron chi connectivity index (χ1n) is 8.57. The van der Waals surface area contributed by atoms with Gasteiger partial charge in [-0.15, -0.1) is 0 Å². The predicted octanol–water partition coefficient (Wildman–Crippen LogP) is 2.89. The smallest absolute Gasteiger partial charge is 0.338 e. The zero-order chi connectivity index (χ0) is 21.1. The van der Waals surface area contributed by atoms with Gasteiger partial charge in [0.05, 0.1) is 28.6 Å². The number of carbonyl (C=O) groups is 2. The number of imidazole rings is 1. The summed E-state index contributed by atoms with van der Waals surface area (Å²) in [4.78, 5) is 39.1.